The largest absolute Gasteiger partial charge is 0.454 e. The third-order valence-corrected chi connectivity index (χ3v) is 11.0. The Balaban J connectivity index is 1.15. The van der Waals surface area contributed by atoms with Gasteiger partial charge in [0.1, 0.15) is 5.58 Å². The Kier molecular flexibility index (Phi) is 5.51. The molecule has 0 aliphatic heterocycles. The number of hydrogen-bond acceptors (Lipinski definition) is 4. The monoisotopic (exact) mass is 643 g/mol. The Bertz CT molecular complexity index is 3110. The van der Waals surface area contributed by atoms with Gasteiger partial charge in [-0.15, -0.1) is 11.3 Å². The molecule has 0 spiro atoms. The molecular formula is C44H25N3OS. The maximum Gasteiger partial charge on any atom is 0.160 e. The van der Waals surface area contributed by atoms with E-state index in [9.17, 15) is 0 Å². The van der Waals surface area contributed by atoms with E-state index in [0.717, 1.165) is 71.1 Å². The van der Waals surface area contributed by atoms with E-state index in [-0.39, 0.29) is 0 Å². The summed E-state index contributed by atoms with van der Waals surface area (Å²) in [6.07, 6.45) is 0. The highest BCUT2D eigenvalue weighted by Gasteiger charge is 2.20. The molecule has 0 bridgehead atoms. The molecule has 0 aliphatic carbocycles. The van der Waals surface area contributed by atoms with Gasteiger partial charge in [-0.3, -0.25) is 0 Å². The first-order valence-electron chi connectivity index (χ1n) is 16.4. The van der Waals surface area contributed by atoms with Crippen molar-refractivity contribution in [1.29, 1.82) is 0 Å². The molecular weight excluding hydrogens is 619 g/mol. The van der Waals surface area contributed by atoms with Crippen molar-refractivity contribution in [3.05, 3.63) is 152 Å². The smallest absolute Gasteiger partial charge is 0.160 e. The Morgan fingerprint density at radius 3 is 2.22 bits per heavy atom. The lowest BCUT2D eigenvalue weighted by atomic mass is 10.0. The van der Waals surface area contributed by atoms with Gasteiger partial charge in [-0.25, -0.2) is 9.97 Å². The number of nitrogens with zero attached hydrogens (tertiary/aromatic N) is 3. The fourth-order valence-electron chi connectivity index (χ4n) is 7.61. The predicted molar refractivity (Wildman–Crippen MR) is 205 cm³/mol. The lowest BCUT2D eigenvalue weighted by Crippen LogP contribution is -1.94. The highest BCUT2D eigenvalue weighted by Crippen LogP contribution is 2.42. The molecule has 0 N–H and O–H groups in total. The van der Waals surface area contributed by atoms with Gasteiger partial charge < -0.3 is 8.98 Å². The van der Waals surface area contributed by atoms with Gasteiger partial charge in [-0.2, -0.15) is 0 Å². The lowest BCUT2D eigenvalue weighted by molar-refractivity contribution is 0.666. The number of benzene rings is 7. The average Bonchev–Trinajstić information content (AvgIpc) is 3.84. The predicted octanol–water partition coefficient (Wildman–Crippen LogP) is 12.3. The molecule has 0 saturated carbocycles. The van der Waals surface area contributed by atoms with Crippen molar-refractivity contribution in [1.82, 2.24) is 14.5 Å². The van der Waals surface area contributed by atoms with Crippen LogP contribution in [0.5, 0.6) is 0 Å². The SMILES string of the molecule is c1ccc(-c2nc(-c3ccc4c(c3)oc3c(-n5c6ccccc6c6c7ccccc7ccc65)cccc34)nc3c2sc2ccccc23)cc1. The quantitative estimate of drug-likeness (QED) is 0.192. The molecule has 0 saturated heterocycles. The molecule has 0 unspecified atom stereocenters. The van der Waals surface area contributed by atoms with Crippen LogP contribution < -0.4 is 0 Å². The van der Waals surface area contributed by atoms with Gasteiger partial charge in [0.2, 0.25) is 0 Å². The van der Waals surface area contributed by atoms with Gasteiger partial charge in [0.25, 0.3) is 0 Å². The minimum absolute atomic E-state index is 0.687. The number of hydrogen-bond donors (Lipinski definition) is 0. The van der Waals surface area contributed by atoms with Crippen LogP contribution in [-0.4, -0.2) is 14.5 Å². The summed E-state index contributed by atoms with van der Waals surface area (Å²) in [5.41, 5.74) is 8.93. The molecule has 4 nitrogen and oxygen atoms in total. The molecule has 0 aliphatic rings. The first kappa shape index (κ1) is 26.7. The molecule has 0 radical (unpaired) electrons. The van der Waals surface area contributed by atoms with Crippen molar-refractivity contribution in [2.75, 3.05) is 0 Å². The van der Waals surface area contributed by atoms with E-state index in [4.69, 9.17) is 14.4 Å². The summed E-state index contributed by atoms with van der Waals surface area (Å²) in [4.78, 5) is 10.4. The summed E-state index contributed by atoms with van der Waals surface area (Å²) in [6.45, 7) is 0. The Hall–Kier alpha value is -6.30. The van der Waals surface area contributed by atoms with E-state index in [1.54, 1.807) is 11.3 Å². The molecule has 7 aromatic carbocycles. The molecule has 0 amide bonds. The second kappa shape index (κ2) is 10.1. The first-order chi connectivity index (χ1) is 24.3. The molecule has 49 heavy (non-hydrogen) atoms. The topological polar surface area (TPSA) is 43.9 Å². The van der Waals surface area contributed by atoms with Crippen LogP contribution in [0.2, 0.25) is 0 Å². The van der Waals surface area contributed by atoms with E-state index >= 15 is 0 Å². The minimum atomic E-state index is 0.687. The highest BCUT2D eigenvalue weighted by atomic mass is 32.1. The average molecular weight is 644 g/mol. The molecule has 4 heterocycles. The minimum Gasteiger partial charge on any atom is -0.454 e. The second-order valence-electron chi connectivity index (χ2n) is 12.5. The lowest BCUT2D eigenvalue weighted by Gasteiger charge is -2.09. The number of fused-ring (bicyclic) bond motifs is 11. The van der Waals surface area contributed by atoms with Crippen molar-refractivity contribution < 1.29 is 4.42 Å². The second-order valence-corrected chi connectivity index (χ2v) is 13.6. The molecule has 11 rings (SSSR count). The van der Waals surface area contributed by atoms with Crippen LogP contribution in [0.1, 0.15) is 0 Å². The van der Waals surface area contributed by atoms with E-state index in [1.807, 2.05) is 6.07 Å². The zero-order valence-electron chi connectivity index (χ0n) is 26.1. The summed E-state index contributed by atoms with van der Waals surface area (Å²) in [6, 6.07) is 53.5. The van der Waals surface area contributed by atoms with Gasteiger partial charge in [-0.05, 0) is 47.2 Å². The van der Waals surface area contributed by atoms with Crippen molar-refractivity contribution >= 4 is 86.2 Å². The molecule has 228 valence electrons. The fraction of sp³-hybridized carbons (Fsp3) is 0. The summed E-state index contributed by atoms with van der Waals surface area (Å²) in [5, 5.41) is 8.27. The van der Waals surface area contributed by atoms with Gasteiger partial charge in [0.15, 0.2) is 11.4 Å². The van der Waals surface area contributed by atoms with Crippen molar-refractivity contribution in [3.8, 4) is 28.3 Å². The van der Waals surface area contributed by atoms with E-state index in [2.05, 4.69) is 150 Å². The molecule has 0 atom stereocenters. The number of rotatable bonds is 3. The Labute approximate surface area is 284 Å². The van der Waals surface area contributed by atoms with Crippen LogP contribution in [-0.2, 0) is 0 Å². The molecule has 5 heteroatoms. The van der Waals surface area contributed by atoms with Crippen LogP contribution in [0.3, 0.4) is 0 Å². The third-order valence-electron chi connectivity index (χ3n) is 9.81. The number of furan rings is 1. The third kappa shape index (κ3) is 3.85. The van der Waals surface area contributed by atoms with Crippen LogP contribution in [0.4, 0.5) is 0 Å². The van der Waals surface area contributed by atoms with Gasteiger partial charge >= 0.3 is 0 Å². The summed E-state index contributed by atoms with van der Waals surface area (Å²) in [5.74, 6) is 0.687. The number of thiophene rings is 1. The van der Waals surface area contributed by atoms with Crippen LogP contribution >= 0.6 is 11.3 Å². The molecule has 0 fully saturated rings. The Morgan fingerprint density at radius 1 is 0.531 bits per heavy atom. The zero-order valence-corrected chi connectivity index (χ0v) is 26.9. The molecule has 11 aromatic rings. The van der Waals surface area contributed by atoms with E-state index < -0.39 is 0 Å². The summed E-state index contributed by atoms with van der Waals surface area (Å²) >= 11 is 1.75. The van der Waals surface area contributed by atoms with Crippen LogP contribution in [0.25, 0.3) is 103 Å². The van der Waals surface area contributed by atoms with Crippen LogP contribution in [0, 0.1) is 0 Å². The van der Waals surface area contributed by atoms with Gasteiger partial charge in [0.05, 0.1) is 32.6 Å². The van der Waals surface area contributed by atoms with E-state index in [1.165, 1.54) is 26.2 Å². The Morgan fingerprint density at radius 2 is 1.31 bits per heavy atom. The number of aromatic nitrogens is 3. The zero-order chi connectivity index (χ0) is 32.1. The highest BCUT2D eigenvalue weighted by molar-refractivity contribution is 7.26. The maximum atomic E-state index is 6.84. The summed E-state index contributed by atoms with van der Waals surface area (Å²) < 4.78 is 11.5. The van der Waals surface area contributed by atoms with Crippen LogP contribution in [0.15, 0.2) is 156 Å². The van der Waals surface area contributed by atoms with Gasteiger partial charge in [0, 0.05) is 42.8 Å². The normalized spacial score (nSPS) is 12.1. The standard InChI is InChI=1S/C44H25N3OS/c1-2-12-27(13-3-1)40-43-41(33-16-7-9-20-38(33)49-43)46-44(45-40)28-21-23-30-31-17-10-19-36(42(31)48-37(30)25-28)47-34-18-8-6-15-32(34)39-29-14-5-4-11-26(29)22-24-35(39)47/h1-25H. The molecule has 4 aromatic heterocycles. The van der Waals surface area contributed by atoms with Crippen molar-refractivity contribution in [2.24, 2.45) is 0 Å². The fourth-order valence-corrected chi connectivity index (χ4v) is 8.76. The number of para-hydroxylation sites is 2. The summed E-state index contributed by atoms with van der Waals surface area (Å²) in [7, 11) is 0. The van der Waals surface area contributed by atoms with Crippen molar-refractivity contribution in [2.45, 2.75) is 0 Å². The maximum absolute atomic E-state index is 6.84. The van der Waals surface area contributed by atoms with E-state index in [0.29, 0.717) is 5.82 Å². The van der Waals surface area contributed by atoms with Gasteiger partial charge in [-0.1, -0.05) is 115 Å². The first-order valence-corrected chi connectivity index (χ1v) is 17.2. The van der Waals surface area contributed by atoms with Crippen molar-refractivity contribution in [3.63, 3.8) is 0 Å².